The van der Waals surface area contributed by atoms with Crippen LogP contribution >= 0.6 is 0 Å². The Labute approximate surface area is 140 Å². The first-order chi connectivity index (χ1) is 11.2. The molecule has 1 aliphatic heterocycles. The van der Waals surface area contributed by atoms with Gasteiger partial charge in [0.1, 0.15) is 5.75 Å². The maximum Gasteiger partial charge on any atom is 0.190 e. The van der Waals surface area contributed by atoms with E-state index in [4.69, 9.17) is 4.74 Å². The summed E-state index contributed by atoms with van der Waals surface area (Å²) in [6.45, 7) is 4.22. The topological polar surface area (TPSA) is 48.9 Å². The SMILES string of the molecule is CN=C(NCCc1ccccc1OC)NCC1CCCN(C)C1. The van der Waals surface area contributed by atoms with Gasteiger partial charge in [0.2, 0.25) is 0 Å². The molecule has 0 aromatic heterocycles. The second-order valence-electron chi connectivity index (χ2n) is 6.21. The molecule has 0 radical (unpaired) electrons. The number of likely N-dealkylation sites (tertiary alicyclic amines) is 1. The normalized spacial score (nSPS) is 19.4. The summed E-state index contributed by atoms with van der Waals surface area (Å²) in [6.07, 6.45) is 3.51. The van der Waals surface area contributed by atoms with E-state index in [9.17, 15) is 0 Å². The number of benzene rings is 1. The number of hydrogen-bond acceptors (Lipinski definition) is 3. The minimum absolute atomic E-state index is 0.710. The molecule has 5 nitrogen and oxygen atoms in total. The maximum atomic E-state index is 5.39. The molecule has 5 heteroatoms. The summed E-state index contributed by atoms with van der Waals surface area (Å²) in [5, 5.41) is 6.85. The first kappa shape index (κ1) is 17.6. The summed E-state index contributed by atoms with van der Waals surface area (Å²) >= 11 is 0. The fourth-order valence-corrected chi connectivity index (χ4v) is 3.13. The first-order valence-corrected chi connectivity index (χ1v) is 8.48. The van der Waals surface area contributed by atoms with Crippen LogP contribution in [-0.4, -0.2) is 58.2 Å². The summed E-state index contributed by atoms with van der Waals surface area (Å²) in [7, 11) is 5.74. The third-order valence-corrected chi connectivity index (χ3v) is 4.38. The predicted molar refractivity (Wildman–Crippen MR) is 96.3 cm³/mol. The lowest BCUT2D eigenvalue weighted by Crippen LogP contribution is -2.44. The first-order valence-electron chi connectivity index (χ1n) is 8.48. The molecule has 2 N–H and O–H groups in total. The van der Waals surface area contributed by atoms with E-state index in [1.54, 1.807) is 7.11 Å². The average molecular weight is 318 g/mol. The molecular weight excluding hydrogens is 288 g/mol. The van der Waals surface area contributed by atoms with Crippen LogP contribution in [0.2, 0.25) is 0 Å². The van der Waals surface area contributed by atoms with Gasteiger partial charge in [-0.05, 0) is 50.4 Å². The van der Waals surface area contributed by atoms with Crippen LogP contribution in [-0.2, 0) is 6.42 Å². The third kappa shape index (κ3) is 5.75. The molecule has 1 atom stereocenters. The van der Waals surface area contributed by atoms with E-state index in [1.807, 2.05) is 25.2 Å². The Balaban J connectivity index is 1.72. The minimum atomic E-state index is 0.710. The van der Waals surface area contributed by atoms with Crippen molar-refractivity contribution in [2.75, 3.05) is 47.4 Å². The highest BCUT2D eigenvalue weighted by Crippen LogP contribution is 2.17. The summed E-state index contributed by atoms with van der Waals surface area (Å²) in [5.41, 5.74) is 1.21. The number of guanidine groups is 1. The Bertz CT molecular complexity index is 504. The van der Waals surface area contributed by atoms with E-state index >= 15 is 0 Å². The number of hydrogen-bond donors (Lipinski definition) is 2. The number of para-hydroxylation sites is 1. The minimum Gasteiger partial charge on any atom is -0.496 e. The molecule has 2 rings (SSSR count). The number of nitrogens with one attached hydrogen (secondary N) is 2. The van der Waals surface area contributed by atoms with Gasteiger partial charge in [0.15, 0.2) is 5.96 Å². The van der Waals surface area contributed by atoms with Gasteiger partial charge in [0.05, 0.1) is 7.11 Å². The molecule has 1 aromatic rings. The Morgan fingerprint density at radius 1 is 1.35 bits per heavy atom. The van der Waals surface area contributed by atoms with Gasteiger partial charge in [-0.3, -0.25) is 4.99 Å². The van der Waals surface area contributed by atoms with E-state index in [2.05, 4.69) is 33.6 Å². The number of aliphatic imine (C=N–C) groups is 1. The highest BCUT2D eigenvalue weighted by atomic mass is 16.5. The van der Waals surface area contributed by atoms with E-state index in [0.717, 1.165) is 31.2 Å². The number of piperidine rings is 1. The van der Waals surface area contributed by atoms with Gasteiger partial charge in [-0.2, -0.15) is 0 Å². The van der Waals surface area contributed by atoms with E-state index in [1.165, 1.54) is 31.5 Å². The molecular formula is C18H30N4O. The number of methoxy groups -OCH3 is 1. The summed E-state index contributed by atoms with van der Waals surface area (Å²) < 4.78 is 5.39. The fourth-order valence-electron chi connectivity index (χ4n) is 3.13. The Kier molecular flexibility index (Phi) is 7.20. The quantitative estimate of drug-likeness (QED) is 0.620. The van der Waals surface area contributed by atoms with E-state index < -0.39 is 0 Å². The molecule has 1 fully saturated rings. The van der Waals surface area contributed by atoms with Gasteiger partial charge in [-0.1, -0.05) is 18.2 Å². The van der Waals surface area contributed by atoms with E-state index in [0.29, 0.717) is 5.92 Å². The van der Waals surface area contributed by atoms with Crippen LogP contribution in [0.1, 0.15) is 18.4 Å². The van der Waals surface area contributed by atoms with Gasteiger partial charge in [-0.25, -0.2) is 0 Å². The molecule has 0 bridgehead atoms. The van der Waals surface area contributed by atoms with Crippen LogP contribution < -0.4 is 15.4 Å². The van der Waals surface area contributed by atoms with Crippen LogP contribution in [0.5, 0.6) is 5.75 Å². The molecule has 1 aromatic carbocycles. The smallest absolute Gasteiger partial charge is 0.190 e. The monoisotopic (exact) mass is 318 g/mol. The highest BCUT2D eigenvalue weighted by Gasteiger charge is 2.17. The number of ether oxygens (including phenoxy) is 1. The van der Waals surface area contributed by atoms with Crippen molar-refractivity contribution in [3.8, 4) is 5.75 Å². The van der Waals surface area contributed by atoms with E-state index in [-0.39, 0.29) is 0 Å². The summed E-state index contributed by atoms with van der Waals surface area (Å²) in [6, 6.07) is 8.15. The lowest BCUT2D eigenvalue weighted by Gasteiger charge is -2.30. The van der Waals surface area contributed by atoms with Crippen LogP contribution in [0.25, 0.3) is 0 Å². The zero-order valence-electron chi connectivity index (χ0n) is 14.6. The van der Waals surface area contributed by atoms with Gasteiger partial charge in [0.25, 0.3) is 0 Å². The molecule has 1 heterocycles. The second-order valence-corrected chi connectivity index (χ2v) is 6.21. The lowest BCUT2D eigenvalue weighted by atomic mass is 9.99. The average Bonchev–Trinajstić information content (AvgIpc) is 2.58. The Morgan fingerprint density at radius 3 is 2.91 bits per heavy atom. The third-order valence-electron chi connectivity index (χ3n) is 4.38. The molecule has 1 saturated heterocycles. The standard InChI is InChI=1S/C18H30N4O/c1-19-18(21-13-15-7-6-12-22(2)14-15)20-11-10-16-8-4-5-9-17(16)23-3/h4-5,8-9,15H,6-7,10-14H2,1-3H3,(H2,19,20,21). The van der Waals surface area contributed by atoms with Crippen LogP contribution in [0.4, 0.5) is 0 Å². The summed E-state index contributed by atoms with van der Waals surface area (Å²) in [4.78, 5) is 6.73. The molecule has 1 unspecified atom stereocenters. The van der Waals surface area contributed by atoms with Gasteiger partial charge < -0.3 is 20.3 Å². The molecule has 0 saturated carbocycles. The van der Waals surface area contributed by atoms with Crippen LogP contribution in [0.3, 0.4) is 0 Å². The van der Waals surface area contributed by atoms with Crippen molar-refractivity contribution in [1.82, 2.24) is 15.5 Å². The van der Waals surface area contributed by atoms with Gasteiger partial charge in [0, 0.05) is 26.7 Å². The van der Waals surface area contributed by atoms with Crippen molar-refractivity contribution in [2.45, 2.75) is 19.3 Å². The molecule has 23 heavy (non-hydrogen) atoms. The lowest BCUT2D eigenvalue weighted by molar-refractivity contribution is 0.210. The van der Waals surface area contributed by atoms with Crippen LogP contribution in [0.15, 0.2) is 29.3 Å². The molecule has 0 spiro atoms. The fraction of sp³-hybridized carbons (Fsp3) is 0.611. The largest absolute Gasteiger partial charge is 0.496 e. The molecule has 0 amide bonds. The zero-order valence-corrected chi connectivity index (χ0v) is 14.6. The number of rotatable bonds is 6. The van der Waals surface area contributed by atoms with Crippen molar-refractivity contribution < 1.29 is 4.74 Å². The van der Waals surface area contributed by atoms with Gasteiger partial charge >= 0.3 is 0 Å². The highest BCUT2D eigenvalue weighted by molar-refractivity contribution is 5.79. The van der Waals surface area contributed by atoms with Crippen molar-refractivity contribution in [2.24, 2.45) is 10.9 Å². The second kappa shape index (κ2) is 9.40. The van der Waals surface area contributed by atoms with Crippen molar-refractivity contribution >= 4 is 5.96 Å². The zero-order chi connectivity index (χ0) is 16.5. The van der Waals surface area contributed by atoms with Crippen molar-refractivity contribution in [3.63, 3.8) is 0 Å². The molecule has 1 aliphatic rings. The van der Waals surface area contributed by atoms with Crippen molar-refractivity contribution in [1.29, 1.82) is 0 Å². The predicted octanol–water partition coefficient (Wildman–Crippen LogP) is 1.74. The van der Waals surface area contributed by atoms with Crippen LogP contribution in [0, 0.1) is 5.92 Å². The molecule has 128 valence electrons. The maximum absolute atomic E-state index is 5.39. The molecule has 0 aliphatic carbocycles. The van der Waals surface area contributed by atoms with Gasteiger partial charge in [-0.15, -0.1) is 0 Å². The number of nitrogens with zero attached hydrogens (tertiary/aromatic N) is 2. The summed E-state index contributed by atoms with van der Waals surface area (Å²) in [5.74, 6) is 2.54. The Morgan fingerprint density at radius 2 is 2.17 bits per heavy atom. The Hall–Kier alpha value is -1.75. The van der Waals surface area contributed by atoms with Crippen molar-refractivity contribution in [3.05, 3.63) is 29.8 Å².